The van der Waals surface area contributed by atoms with Crippen molar-refractivity contribution in [3.8, 4) is 0 Å². The maximum absolute atomic E-state index is 12.0. The summed E-state index contributed by atoms with van der Waals surface area (Å²) in [6.07, 6.45) is 4.37. The molecule has 0 heterocycles. The quantitative estimate of drug-likeness (QED) is 0.795. The van der Waals surface area contributed by atoms with E-state index < -0.39 is 0 Å². The summed E-state index contributed by atoms with van der Waals surface area (Å²) >= 11 is 5.83. The fourth-order valence-corrected chi connectivity index (χ4v) is 2.29. The highest BCUT2D eigenvalue weighted by Crippen LogP contribution is 2.13. The number of nitrogens with one attached hydrogen (secondary N) is 1. The van der Waals surface area contributed by atoms with E-state index in [-0.39, 0.29) is 11.8 Å². The van der Waals surface area contributed by atoms with E-state index in [0.29, 0.717) is 23.6 Å². The summed E-state index contributed by atoms with van der Waals surface area (Å²) in [7, 11) is 3.50. The zero-order valence-corrected chi connectivity index (χ0v) is 15.1. The number of benzene rings is 2. The van der Waals surface area contributed by atoms with Gasteiger partial charge in [-0.1, -0.05) is 35.9 Å². The second kappa shape index (κ2) is 9.04. The zero-order chi connectivity index (χ0) is 18.2. The van der Waals surface area contributed by atoms with Crippen molar-refractivity contribution in [3.05, 3.63) is 70.8 Å². The average Bonchev–Trinajstić information content (AvgIpc) is 2.60. The number of hydrogen-bond acceptors (Lipinski definition) is 2. The number of halogens is 1. The molecule has 0 saturated heterocycles. The van der Waals surface area contributed by atoms with E-state index in [1.165, 1.54) is 6.08 Å². The van der Waals surface area contributed by atoms with Crippen LogP contribution in [0.2, 0.25) is 5.02 Å². The molecule has 0 aliphatic rings. The van der Waals surface area contributed by atoms with Crippen molar-refractivity contribution in [2.75, 3.05) is 19.4 Å². The summed E-state index contributed by atoms with van der Waals surface area (Å²) in [5.41, 5.74) is 2.68. The van der Waals surface area contributed by atoms with Crippen LogP contribution in [0.5, 0.6) is 0 Å². The van der Waals surface area contributed by atoms with E-state index in [4.69, 9.17) is 11.6 Å². The molecule has 0 radical (unpaired) electrons. The van der Waals surface area contributed by atoms with Crippen LogP contribution in [0.25, 0.3) is 6.08 Å². The van der Waals surface area contributed by atoms with Crippen LogP contribution in [0.15, 0.2) is 54.6 Å². The third kappa shape index (κ3) is 6.43. The molecule has 0 bridgehead atoms. The van der Waals surface area contributed by atoms with E-state index in [2.05, 4.69) is 5.32 Å². The van der Waals surface area contributed by atoms with E-state index in [9.17, 15) is 9.59 Å². The summed E-state index contributed by atoms with van der Waals surface area (Å²) < 4.78 is 0. The molecule has 0 unspecified atom stereocenters. The Labute approximate surface area is 153 Å². The normalized spacial score (nSPS) is 10.7. The number of anilines is 1. The molecule has 0 saturated carbocycles. The third-order valence-electron chi connectivity index (χ3n) is 3.64. The highest BCUT2D eigenvalue weighted by atomic mass is 35.5. The van der Waals surface area contributed by atoms with Gasteiger partial charge in [0.25, 0.3) is 0 Å². The molecule has 2 amide bonds. The SMILES string of the molecule is CN(C)C(=O)CCc1ccc(NC(=O)/C=C/c2ccc(Cl)cc2)cc1. The minimum absolute atomic E-state index is 0.102. The Hall–Kier alpha value is -2.59. The zero-order valence-electron chi connectivity index (χ0n) is 14.3. The minimum atomic E-state index is -0.203. The lowest BCUT2D eigenvalue weighted by Gasteiger charge is -2.10. The molecule has 1 N–H and O–H groups in total. The van der Waals surface area contributed by atoms with Gasteiger partial charge in [0.15, 0.2) is 0 Å². The van der Waals surface area contributed by atoms with Crippen molar-refractivity contribution < 1.29 is 9.59 Å². The standard InChI is InChI=1S/C20H21ClN2O2/c1-23(2)20(25)14-8-16-5-11-18(12-6-16)22-19(24)13-7-15-3-9-17(21)10-4-15/h3-7,9-13H,8,14H2,1-2H3,(H,22,24)/b13-7+. The first-order valence-corrected chi connectivity index (χ1v) is 8.35. The minimum Gasteiger partial charge on any atom is -0.349 e. The lowest BCUT2D eigenvalue weighted by molar-refractivity contribution is -0.128. The second-order valence-corrected chi connectivity index (χ2v) is 6.30. The number of rotatable bonds is 6. The molecular weight excluding hydrogens is 336 g/mol. The second-order valence-electron chi connectivity index (χ2n) is 5.86. The first-order chi connectivity index (χ1) is 11.9. The Morgan fingerprint density at radius 2 is 1.68 bits per heavy atom. The molecule has 5 heteroatoms. The fraction of sp³-hybridized carbons (Fsp3) is 0.200. The van der Waals surface area contributed by atoms with Crippen LogP contribution in [0.1, 0.15) is 17.5 Å². The lowest BCUT2D eigenvalue weighted by Crippen LogP contribution is -2.21. The molecule has 0 aliphatic carbocycles. The first-order valence-electron chi connectivity index (χ1n) is 7.98. The van der Waals surface area contributed by atoms with E-state index in [0.717, 1.165) is 11.1 Å². The largest absolute Gasteiger partial charge is 0.349 e. The predicted octanol–water partition coefficient (Wildman–Crippen LogP) is 4.01. The molecule has 0 atom stereocenters. The van der Waals surface area contributed by atoms with Crippen LogP contribution in [0.4, 0.5) is 5.69 Å². The van der Waals surface area contributed by atoms with E-state index >= 15 is 0 Å². The van der Waals surface area contributed by atoms with Crippen LogP contribution in [0, 0.1) is 0 Å². The van der Waals surface area contributed by atoms with Crippen molar-refractivity contribution >= 4 is 35.2 Å². The topological polar surface area (TPSA) is 49.4 Å². The first kappa shape index (κ1) is 18.7. The molecule has 0 spiro atoms. The molecular formula is C20H21ClN2O2. The Morgan fingerprint density at radius 1 is 1.04 bits per heavy atom. The average molecular weight is 357 g/mol. The summed E-state index contributed by atoms with van der Waals surface area (Å²) in [5.74, 6) is -0.102. The Kier molecular flexibility index (Phi) is 6.78. The summed E-state index contributed by atoms with van der Waals surface area (Å²) in [4.78, 5) is 25.1. The van der Waals surface area contributed by atoms with Crippen LogP contribution >= 0.6 is 11.6 Å². The van der Waals surface area contributed by atoms with Gasteiger partial charge in [0.2, 0.25) is 11.8 Å². The van der Waals surface area contributed by atoms with E-state index in [1.54, 1.807) is 37.2 Å². The molecule has 2 aromatic rings. The molecule has 0 aliphatic heterocycles. The van der Waals surface area contributed by atoms with Gasteiger partial charge in [-0.15, -0.1) is 0 Å². The molecule has 2 rings (SSSR count). The van der Waals surface area contributed by atoms with Crippen LogP contribution < -0.4 is 5.32 Å². The van der Waals surface area contributed by atoms with Gasteiger partial charge in [0, 0.05) is 37.3 Å². The number of carbonyl (C=O) groups excluding carboxylic acids is 2. The summed E-state index contributed by atoms with van der Waals surface area (Å²) in [6.45, 7) is 0. The van der Waals surface area contributed by atoms with Gasteiger partial charge in [-0.25, -0.2) is 0 Å². The number of nitrogens with zero attached hydrogens (tertiary/aromatic N) is 1. The van der Waals surface area contributed by atoms with Gasteiger partial charge in [0.1, 0.15) is 0 Å². The molecule has 0 aromatic heterocycles. The van der Waals surface area contributed by atoms with Gasteiger partial charge >= 0.3 is 0 Å². The summed E-state index contributed by atoms with van der Waals surface area (Å²) in [6, 6.07) is 14.7. The predicted molar refractivity (Wildman–Crippen MR) is 103 cm³/mol. The highest BCUT2D eigenvalue weighted by molar-refractivity contribution is 6.30. The maximum atomic E-state index is 12.0. The van der Waals surface area contributed by atoms with Crippen molar-refractivity contribution in [1.82, 2.24) is 4.90 Å². The summed E-state index contributed by atoms with van der Waals surface area (Å²) in [5, 5.41) is 3.47. The van der Waals surface area contributed by atoms with Gasteiger partial charge in [0.05, 0.1) is 0 Å². The van der Waals surface area contributed by atoms with Crippen LogP contribution in [-0.2, 0) is 16.0 Å². The highest BCUT2D eigenvalue weighted by Gasteiger charge is 2.04. The van der Waals surface area contributed by atoms with Crippen molar-refractivity contribution in [2.45, 2.75) is 12.8 Å². The van der Waals surface area contributed by atoms with E-state index in [1.807, 2.05) is 36.4 Å². The van der Waals surface area contributed by atoms with Crippen molar-refractivity contribution in [2.24, 2.45) is 0 Å². The van der Waals surface area contributed by atoms with Crippen LogP contribution in [-0.4, -0.2) is 30.8 Å². The number of carbonyl (C=O) groups is 2. The van der Waals surface area contributed by atoms with Crippen molar-refractivity contribution in [1.29, 1.82) is 0 Å². The van der Waals surface area contributed by atoms with Gasteiger partial charge in [-0.05, 0) is 47.9 Å². The van der Waals surface area contributed by atoms with Crippen LogP contribution in [0.3, 0.4) is 0 Å². The van der Waals surface area contributed by atoms with Gasteiger partial charge < -0.3 is 10.2 Å². The van der Waals surface area contributed by atoms with Gasteiger partial charge in [-0.3, -0.25) is 9.59 Å². The number of amides is 2. The molecule has 130 valence electrons. The molecule has 0 fully saturated rings. The molecule has 25 heavy (non-hydrogen) atoms. The number of hydrogen-bond donors (Lipinski definition) is 1. The Balaban J connectivity index is 1.86. The van der Waals surface area contributed by atoms with Crippen molar-refractivity contribution in [3.63, 3.8) is 0 Å². The molecule has 2 aromatic carbocycles. The Morgan fingerprint density at radius 3 is 2.28 bits per heavy atom. The maximum Gasteiger partial charge on any atom is 0.248 e. The molecule has 4 nitrogen and oxygen atoms in total. The third-order valence-corrected chi connectivity index (χ3v) is 3.90. The monoisotopic (exact) mass is 356 g/mol. The fourth-order valence-electron chi connectivity index (χ4n) is 2.16. The Bertz CT molecular complexity index is 750. The number of aryl methyl sites for hydroxylation is 1. The smallest absolute Gasteiger partial charge is 0.248 e. The van der Waals surface area contributed by atoms with Gasteiger partial charge in [-0.2, -0.15) is 0 Å². The lowest BCUT2D eigenvalue weighted by atomic mass is 10.1.